The molecule has 1 saturated carbocycles. The van der Waals surface area contributed by atoms with Crippen molar-refractivity contribution in [2.45, 2.75) is 31.3 Å². The summed E-state index contributed by atoms with van der Waals surface area (Å²) in [5.74, 6) is 0.597. The Morgan fingerprint density at radius 3 is 2.35 bits per heavy atom. The van der Waals surface area contributed by atoms with E-state index >= 15 is 0 Å². The van der Waals surface area contributed by atoms with Crippen molar-refractivity contribution in [1.29, 1.82) is 0 Å². The first-order valence-electron chi connectivity index (χ1n) is 12.6. The first kappa shape index (κ1) is 25.8. The number of carbonyl (C=O) groups excluding carboxylic acids is 1. The molecule has 3 aromatic rings. The van der Waals surface area contributed by atoms with E-state index in [1.54, 1.807) is 18.2 Å². The number of hydrogen-bond acceptors (Lipinski definition) is 3. The van der Waals surface area contributed by atoms with Crippen LogP contribution in [-0.2, 0) is 15.1 Å². The molecular weight excluding hydrogens is 505 g/mol. The lowest BCUT2D eigenvalue weighted by atomic mass is 9.83. The maximum atomic E-state index is 12.8. The molecule has 0 spiro atoms. The van der Waals surface area contributed by atoms with Gasteiger partial charge in [-0.2, -0.15) is 0 Å². The first-order valence-corrected chi connectivity index (χ1v) is 13.4. The zero-order valence-corrected chi connectivity index (χ0v) is 22.1. The topological polar surface area (TPSA) is 45.9 Å². The molecule has 2 fully saturated rings. The Balaban J connectivity index is 1.32. The Morgan fingerprint density at radius 1 is 1.00 bits per heavy atom. The van der Waals surface area contributed by atoms with Crippen LogP contribution in [0.1, 0.15) is 31.2 Å². The Bertz CT molecular complexity index is 1290. The average Bonchev–Trinajstić information content (AvgIpc) is 3.72. The van der Waals surface area contributed by atoms with E-state index in [0.29, 0.717) is 21.4 Å². The summed E-state index contributed by atoms with van der Waals surface area (Å²) < 4.78 is 6.46. The predicted octanol–water partition coefficient (Wildman–Crippen LogP) is 7.57. The smallest absolute Gasteiger partial charge is 0.250 e. The SMILES string of the molecule is [C-]#[N+]c1cccc(-c2ccc(C3(OCC(=O)Nc4cc(Cl)cc(Cl)c4)CCN(CC4CC4)CC3)cc2)c1. The van der Waals surface area contributed by atoms with Gasteiger partial charge in [-0.15, -0.1) is 0 Å². The summed E-state index contributed by atoms with van der Waals surface area (Å²) in [5, 5.41) is 3.78. The van der Waals surface area contributed by atoms with E-state index in [4.69, 9.17) is 34.5 Å². The highest BCUT2D eigenvalue weighted by Crippen LogP contribution is 2.39. The van der Waals surface area contributed by atoms with Crippen molar-refractivity contribution in [3.63, 3.8) is 0 Å². The molecule has 5 nitrogen and oxygen atoms in total. The molecule has 0 unspecified atom stereocenters. The van der Waals surface area contributed by atoms with Crippen molar-refractivity contribution in [2.24, 2.45) is 5.92 Å². The van der Waals surface area contributed by atoms with Gasteiger partial charge in [0, 0.05) is 35.4 Å². The summed E-state index contributed by atoms with van der Waals surface area (Å²) in [6.07, 6.45) is 4.31. The quantitative estimate of drug-likeness (QED) is 0.303. The predicted molar refractivity (Wildman–Crippen MR) is 149 cm³/mol. The van der Waals surface area contributed by atoms with E-state index in [1.807, 2.05) is 24.3 Å². The number of nitrogens with zero attached hydrogens (tertiary/aromatic N) is 2. The van der Waals surface area contributed by atoms with Crippen LogP contribution in [0.2, 0.25) is 10.0 Å². The zero-order valence-electron chi connectivity index (χ0n) is 20.6. The number of piperidine rings is 1. The number of halogens is 2. The van der Waals surface area contributed by atoms with Crippen LogP contribution in [0.3, 0.4) is 0 Å². The fourth-order valence-electron chi connectivity index (χ4n) is 5.03. The van der Waals surface area contributed by atoms with Crippen LogP contribution in [0.15, 0.2) is 66.7 Å². The molecule has 37 heavy (non-hydrogen) atoms. The molecule has 5 rings (SSSR count). The summed E-state index contributed by atoms with van der Waals surface area (Å²) in [6, 6.07) is 20.9. The number of hydrogen-bond donors (Lipinski definition) is 1. The summed E-state index contributed by atoms with van der Waals surface area (Å²) in [4.78, 5) is 18.9. The van der Waals surface area contributed by atoms with Gasteiger partial charge >= 0.3 is 0 Å². The summed E-state index contributed by atoms with van der Waals surface area (Å²) in [5.41, 5.74) is 3.75. The van der Waals surface area contributed by atoms with Crippen LogP contribution in [0.25, 0.3) is 16.0 Å². The fourth-order valence-corrected chi connectivity index (χ4v) is 5.55. The van der Waals surface area contributed by atoms with Crippen molar-refractivity contribution >= 4 is 40.5 Å². The van der Waals surface area contributed by atoms with Crippen molar-refractivity contribution in [1.82, 2.24) is 4.90 Å². The normalized spacial score (nSPS) is 17.2. The van der Waals surface area contributed by atoms with E-state index in [1.165, 1.54) is 12.8 Å². The largest absolute Gasteiger partial charge is 0.360 e. The lowest BCUT2D eigenvalue weighted by Crippen LogP contribution is -2.45. The number of nitrogens with one attached hydrogen (secondary N) is 1. The number of amides is 1. The molecule has 7 heteroatoms. The molecule has 0 radical (unpaired) electrons. The molecule has 0 bridgehead atoms. The maximum absolute atomic E-state index is 12.8. The second kappa shape index (κ2) is 11.2. The lowest BCUT2D eigenvalue weighted by Gasteiger charge is -2.42. The second-order valence-electron chi connectivity index (χ2n) is 9.97. The molecular formula is C30H29Cl2N3O2. The van der Waals surface area contributed by atoms with Gasteiger partial charge in [0.05, 0.1) is 12.2 Å². The highest BCUT2D eigenvalue weighted by Gasteiger charge is 2.39. The summed E-state index contributed by atoms with van der Waals surface area (Å²) >= 11 is 12.2. The van der Waals surface area contributed by atoms with Crippen molar-refractivity contribution < 1.29 is 9.53 Å². The van der Waals surface area contributed by atoms with Crippen molar-refractivity contribution in [2.75, 3.05) is 31.6 Å². The Kier molecular flexibility index (Phi) is 7.83. The molecule has 3 aromatic carbocycles. The van der Waals surface area contributed by atoms with Crippen LogP contribution in [-0.4, -0.2) is 37.0 Å². The third kappa shape index (κ3) is 6.52. The molecule has 1 aliphatic heterocycles. The third-order valence-corrected chi connectivity index (χ3v) is 7.66. The van der Waals surface area contributed by atoms with Gasteiger partial charge in [-0.25, -0.2) is 4.85 Å². The summed E-state index contributed by atoms with van der Waals surface area (Å²) in [7, 11) is 0. The van der Waals surface area contributed by atoms with E-state index in [0.717, 1.165) is 55.1 Å². The number of benzene rings is 3. The molecule has 0 aromatic heterocycles. The monoisotopic (exact) mass is 533 g/mol. The van der Waals surface area contributed by atoms with E-state index in [9.17, 15) is 4.79 Å². The van der Waals surface area contributed by atoms with Gasteiger partial charge in [-0.05, 0) is 72.6 Å². The van der Waals surface area contributed by atoms with Gasteiger partial charge in [0.1, 0.15) is 6.61 Å². The van der Waals surface area contributed by atoms with Gasteiger partial charge in [0.2, 0.25) is 5.91 Å². The minimum Gasteiger partial charge on any atom is -0.360 e. The Labute approximate surface area is 228 Å². The van der Waals surface area contributed by atoms with Gasteiger partial charge < -0.3 is 15.0 Å². The van der Waals surface area contributed by atoms with Crippen LogP contribution in [0.4, 0.5) is 11.4 Å². The molecule has 2 aliphatic rings. The number of likely N-dealkylation sites (tertiary alicyclic amines) is 1. The van der Waals surface area contributed by atoms with Crippen molar-refractivity contribution in [3.05, 3.63) is 93.8 Å². The minimum atomic E-state index is -0.541. The van der Waals surface area contributed by atoms with Crippen LogP contribution in [0, 0.1) is 12.5 Å². The van der Waals surface area contributed by atoms with Crippen LogP contribution < -0.4 is 5.32 Å². The molecule has 1 aliphatic carbocycles. The Hall–Kier alpha value is -2.88. The molecule has 1 saturated heterocycles. The molecule has 0 atom stereocenters. The number of ether oxygens (including phenoxy) is 1. The molecule has 1 N–H and O–H groups in total. The number of carbonyl (C=O) groups is 1. The fraction of sp³-hybridized carbons (Fsp3) is 0.333. The third-order valence-electron chi connectivity index (χ3n) is 7.22. The van der Waals surface area contributed by atoms with Crippen molar-refractivity contribution in [3.8, 4) is 11.1 Å². The standard InChI is InChI=1S/C30H29Cl2N3O2/c1-33-27-4-2-3-23(15-27)22-7-9-24(10-8-22)30(11-13-35(14-12-30)19-21-5-6-21)37-20-29(36)34-28-17-25(31)16-26(32)18-28/h2-4,7-10,15-18,21H,5-6,11-14,19-20H2,(H,34,36). The highest BCUT2D eigenvalue weighted by molar-refractivity contribution is 6.35. The Morgan fingerprint density at radius 2 is 1.70 bits per heavy atom. The second-order valence-corrected chi connectivity index (χ2v) is 10.8. The van der Waals surface area contributed by atoms with Crippen LogP contribution >= 0.6 is 23.2 Å². The lowest BCUT2D eigenvalue weighted by molar-refractivity contribution is -0.134. The first-order chi connectivity index (χ1) is 17.9. The van der Waals surface area contributed by atoms with Gasteiger partial charge in [0.15, 0.2) is 5.69 Å². The number of anilines is 1. The van der Waals surface area contributed by atoms with E-state index in [-0.39, 0.29) is 12.5 Å². The van der Waals surface area contributed by atoms with E-state index < -0.39 is 5.60 Å². The molecule has 1 heterocycles. The maximum Gasteiger partial charge on any atom is 0.250 e. The summed E-state index contributed by atoms with van der Waals surface area (Å²) in [6.45, 7) is 10.3. The van der Waals surface area contributed by atoms with Gasteiger partial charge in [-0.1, -0.05) is 65.7 Å². The number of rotatable bonds is 8. The highest BCUT2D eigenvalue weighted by atomic mass is 35.5. The van der Waals surface area contributed by atoms with E-state index in [2.05, 4.69) is 39.3 Å². The van der Waals surface area contributed by atoms with Gasteiger partial charge in [-0.3, -0.25) is 4.79 Å². The minimum absolute atomic E-state index is 0.0679. The molecule has 190 valence electrons. The average molecular weight is 534 g/mol. The zero-order chi connectivity index (χ0) is 25.8. The molecule has 1 amide bonds. The van der Waals surface area contributed by atoms with Gasteiger partial charge in [0.25, 0.3) is 0 Å². The van der Waals surface area contributed by atoms with Crippen LogP contribution in [0.5, 0.6) is 0 Å².